The van der Waals surface area contributed by atoms with E-state index in [1.54, 1.807) is 19.2 Å². The SMILES string of the molecule is COc1cc(-c2ccc(F)cc2)cc2c(NC(C3=N/C(C)=C/CCCO3)C(C)C)ncnc12. The molecule has 0 radical (unpaired) electrons. The summed E-state index contributed by atoms with van der Waals surface area (Å²) in [5.74, 6) is 1.86. The summed E-state index contributed by atoms with van der Waals surface area (Å²) in [4.78, 5) is 13.7. The second kappa shape index (κ2) is 9.98. The molecule has 2 aromatic carbocycles. The lowest BCUT2D eigenvalue weighted by atomic mass is 10.0. The molecule has 0 fully saturated rings. The fraction of sp³-hybridized carbons (Fsp3) is 0.346. The van der Waals surface area contributed by atoms with Crippen molar-refractivity contribution in [2.45, 2.75) is 39.7 Å². The molecule has 2 heterocycles. The van der Waals surface area contributed by atoms with Gasteiger partial charge in [0.15, 0.2) is 0 Å². The Bertz CT molecular complexity index is 1190. The van der Waals surface area contributed by atoms with Crippen LogP contribution in [0, 0.1) is 11.7 Å². The number of nitrogens with zero attached hydrogens (tertiary/aromatic N) is 3. The van der Waals surface area contributed by atoms with E-state index in [9.17, 15) is 4.39 Å². The van der Waals surface area contributed by atoms with Crippen LogP contribution in [0.1, 0.15) is 33.6 Å². The van der Waals surface area contributed by atoms with Crippen molar-refractivity contribution in [1.29, 1.82) is 0 Å². The van der Waals surface area contributed by atoms with Crippen LogP contribution in [0.2, 0.25) is 0 Å². The Morgan fingerprint density at radius 1 is 1.09 bits per heavy atom. The molecule has 1 unspecified atom stereocenters. The molecule has 4 rings (SSSR count). The molecular weight excluding hydrogens is 419 g/mol. The minimum atomic E-state index is -0.277. The standard InChI is InChI=1S/C26H29FN4O2/c1-16(2)23(26-30-17(3)7-5-6-12-33-26)31-25-21-13-19(18-8-10-20(27)11-9-18)14-22(32-4)24(21)28-15-29-25/h7-11,13-16,23H,5-6,12H2,1-4H3,(H,28,29,31)/b17-7+,30-26?. The predicted molar refractivity (Wildman–Crippen MR) is 130 cm³/mol. The van der Waals surface area contributed by atoms with Crippen LogP contribution in [0.25, 0.3) is 22.0 Å². The zero-order valence-electron chi connectivity index (χ0n) is 19.4. The van der Waals surface area contributed by atoms with Crippen molar-refractivity contribution in [2.24, 2.45) is 10.9 Å². The quantitative estimate of drug-likeness (QED) is 0.501. The highest BCUT2D eigenvalue weighted by molar-refractivity contribution is 5.98. The molecule has 172 valence electrons. The molecule has 0 bridgehead atoms. The number of anilines is 1. The first-order valence-corrected chi connectivity index (χ1v) is 11.2. The summed E-state index contributed by atoms with van der Waals surface area (Å²) < 4.78 is 25.1. The lowest BCUT2D eigenvalue weighted by molar-refractivity contribution is 0.278. The zero-order valence-corrected chi connectivity index (χ0v) is 19.4. The molecule has 0 saturated heterocycles. The molecule has 1 aliphatic heterocycles. The number of ether oxygens (including phenoxy) is 2. The van der Waals surface area contributed by atoms with Crippen LogP contribution in [0.3, 0.4) is 0 Å². The van der Waals surface area contributed by atoms with E-state index in [2.05, 4.69) is 35.2 Å². The molecule has 6 nitrogen and oxygen atoms in total. The summed E-state index contributed by atoms with van der Waals surface area (Å²) in [6, 6.07) is 10.1. The summed E-state index contributed by atoms with van der Waals surface area (Å²) in [5, 5.41) is 4.36. The first kappa shape index (κ1) is 22.7. The normalized spacial score (nSPS) is 16.8. The Hall–Kier alpha value is -3.48. The summed E-state index contributed by atoms with van der Waals surface area (Å²) in [6.45, 7) is 6.86. The van der Waals surface area contributed by atoms with E-state index in [0.29, 0.717) is 29.6 Å². The topological polar surface area (TPSA) is 68.6 Å². The highest BCUT2D eigenvalue weighted by atomic mass is 19.1. The molecule has 0 saturated carbocycles. The van der Waals surface area contributed by atoms with Gasteiger partial charge in [0.25, 0.3) is 0 Å². The smallest absolute Gasteiger partial charge is 0.211 e. The second-order valence-electron chi connectivity index (χ2n) is 8.46. The van der Waals surface area contributed by atoms with Crippen molar-refractivity contribution in [2.75, 3.05) is 19.0 Å². The van der Waals surface area contributed by atoms with Gasteiger partial charge in [-0.2, -0.15) is 0 Å². The van der Waals surface area contributed by atoms with Gasteiger partial charge in [0.2, 0.25) is 5.90 Å². The molecule has 1 atom stereocenters. The van der Waals surface area contributed by atoms with Gasteiger partial charge in [-0.25, -0.2) is 19.4 Å². The average Bonchev–Trinajstić information content (AvgIpc) is 2.79. The third-order valence-corrected chi connectivity index (χ3v) is 5.65. The molecule has 1 N–H and O–H groups in total. The summed E-state index contributed by atoms with van der Waals surface area (Å²) >= 11 is 0. The number of hydrogen-bond donors (Lipinski definition) is 1. The average molecular weight is 449 g/mol. The van der Waals surface area contributed by atoms with Crippen molar-refractivity contribution in [3.63, 3.8) is 0 Å². The summed E-state index contributed by atoms with van der Waals surface area (Å²) in [7, 11) is 1.61. The molecule has 0 aliphatic carbocycles. The van der Waals surface area contributed by atoms with Gasteiger partial charge >= 0.3 is 0 Å². The first-order chi connectivity index (χ1) is 16.0. The van der Waals surface area contributed by atoms with Gasteiger partial charge in [0, 0.05) is 11.1 Å². The monoisotopic (exact) mass is 448 g/mol. The molecule has 7 heteroatoms. The van der Waals surface area contributed by atoms with Gasteiger partial charge in [0.05, 0.1) is 13.7 Å². The Kier molecular flexibility index (Phi) is 6.87. The highest BCUT2D eigenvalue weighted by Gasteiger charge is 2.24. The zero-order chi connectivity index (χ0) is 23.4. The summed E-state index contributed by atoms with van der Waals surface area (Å²) in [6.07, 6.45) is 5.58. The molecule has 1 aromatic heterocycles. The lowest BCUT2D eigenvalue weighted by Crippen LogP contribution is -2.37. The van der Waals surface area contributed by atoms with E-state index >= 15 is 0 Å². The van der Waals surface area contributed by atoms with Crippen LogP contribution < -0.4 is 10.1 Å². The fourth-order valence-corrected chi connectivity index (χ4v) is 3.86. The minimum absolute atomic E-state index is 0.176. The molecule has 3 aromatic rings. The molecular formula is C26H29FN4O2. The number of halogens is 1. The number of aromatic nitrogens is 2. The molecule has 0 spiro atoms. The van der Waals surface area contributed by atoms with Gasteiger partial charge in [-0.05, 0) is 61.1 Å². The van der Waals surface area contributed by atoms with Crippen LogP contribution in [-0.4, -0.2) is 35.6 Å². The van der Waals surface area contributed by atoms with E-state index in [-0.39, 0.29) is 17.8 Å². The largest absolute Gasteiger partial charge is 0.494 e. The first-order valence-electron chi connectivity index (χ1n) is 11.2. The van der Waals surface area contributed by atoms with Gasteiger partial charge in [0.1, 0.15) is 35.3 Å². The number of fused-ring (bicyclic) bond motifs is 1. The van der Waals surface area contributed by atoms with Crippen molar-refractivity contribution >= 4 is 22.6 Å². The van der Waals surface area contributed by atoms with Crippen molar-refractivity contribution < 1.29 is 13.9 Å². The fourth-order valence-electron chi connectivity index (χ4n) is 3.86. The number of nitrogens with one attached hydrogen (secondary N) is 1. The Balaban J connectivity index is 1.80. The number of benzene rings is 2. The predicted octanol–water partition coefficient (Wildman–Crippen LogP) is 5.99. The maximum atomic E-state index is 13.5. The van der Waals surface area contributed by atoms with E-state index < -0.39 is 0 Å². The lowest BCUT2D eigenvalue weighted by Gasteiger charge is -2.26. The molecule has 33 heavy (non-hydrogen) atoms. The number of rotatable bonds is 6. The van der Waals surface area contributed by atoms with Gasteiger partial charge in [-0.1, -0.05) is 32.1 Å². The third-order valence-electron chi connectivity index (χ3n) is 5.65. The second-order valence-corrected chi connectivity index (χ2v) is 8.46. The highest BCUT2D eigenvalue weighted by Crippen LogP contribution is 2.34. The Morgan fingerprint density at radius 3 is 2.61 bits per heavy atom. The molecule has 1 aliphatic rings. The summed E-state index contributed by atoms with van der Waals surface area (Å²) in [5.41, 5.74) is 3.40. The van der Waals surface area contributed by atoms with Crippen molar-refractivity contribution in [3.05, 3.63) is 60.3 Å². The number of hydrogen-bond acceptors (Lipinski definition) is 6. The minimum Gasteiger partial charge on any atom is -0.494 e. The van der Waals surface area contributed by atoms with Crippen LogP contribution in [0.4, 0.5) is 10.2 Å². The van der Waals surface area contributed by atoms with Crippen molar-refractivity contribution in [1.82, 2.24) is 9.97 Å². The maximum absolute atomic E-state index is 13.5. The van der Waals surface area contributed by atoms with Crippen LogP contribution >= 0.6 is 0 Å². The number of aliphatic imine (C=N–C) groups is 1. The van der Waals surface area contributed by atoms with Gasteiger partial charge in [-0.15, -0.1) is 0 Å². The van der Waals surface area contributed by atoms with Crippen molar-refractivity contribution in [3.8, 4) is 16.9 Å². The third kappa shape index (κ3) is 5.13. The van der Waals surface area contributed by atoms with Gasteiger partial charge < -0.3 is 14.8 Å². The number of allylic oxidation sites excluding steroid dienone is 2. The Morgan fingerprint density at radius 2 is 1.88 bits per heavy atom. The van der Waals surface area contributed by atoms with E-state index in [0.717, 1.165) is 35.1 Å². The number of methoxy groups -OCH3 is 1. The van der Waals surface area contributed by atoms with E-state index in [1.807, 2.05) is 19.1 Å². The van der Waals surface area contributed by atoms with Crippen LogP contribution in [-0.2, 0) is 4.74 Å². The van der Waals surface area contributed by atoms with Crippen LogP contribution in [0.15, 0.2) is 59.5 Å². The van der Waals surface area contributed by atoms with E-state index in [4.69, 9.17) is 14.5 Å². The maximum Gasteiger partial charge on any atom is 0.211 e. The Labute approximate surface area is 193 Å². The van der Waals surface area contributed by atoms with E-state index in [1.165, 1.54) is 18.5 Å². The van der Waals surface area contributed by atoms with Crippen LogP contribution in [0.5, 0.6) is 5.75 Å². The van der Waals surface area contributed by atoms with Gasteiger partial charge in [-0.3, -0.25) is 0 Å². The molecule has 0 amide bonds.